The van der Waals surface area contributed by atoms with E-state index in [-0.39, 0.29) is 24.9 Å². The number of anilines is 1. The Morgan fingerprint density at radius 3 is 2.26 bits per heavy atom. The molecule has 0 spiro atoms. The highest BCUT2D eigenvalue weighted by Crippen LogP contribution is 2.15. The van der Waals surface area contributed by atoms with Crippen LogP contribution >= 0.6 is 0 Å². The Bertz CT molecular complexity index is 913. The standard InChI is InChI=1S/C26H35N3O5/c1-4-5-17-34-23-13-9-21(10-14-23)26(32)29(15-6-16-33-3)19-25(31)27-18-24(30)28-22-11-7-20(2)8-12-22/h7-14H,4-6,15-19H2,1-3H3,(H,27,31)(H,28,30). The van der Waals surface area contributed by atoms with Crippen molar-refractivity contribution in [3.8, 4) is 5.75 Å². The molecule has 34 heavy (non-hydrogen) atoms. The monoisotopic (exact) mass is 469 g/mol. The number of nitrogens with zero attached hydrogens (tertiary/aromatic N) is 1. The molecule has 0 radical (unpaired) electrons. The molecule has 0 fully saturated rings. The van der Waals surface area contributed by atoms with Gasteiger partial charge in [-0.3, -0.25) is 14.4 Å². The lowest BCUT2D eigenvalue weighted by Crippen LogP contribution is -2.43. The lowest BCUT2D eigenvalue weighted by molar-refractivity contribution is -0.124. The van der Waals surface area contributed by atoms with E-state index in [4.69, 9.17) is 9.47 Å². The summed E-state index contributed by atoms with van der Waals surface area (Å²) in [6.07, 6.45) is 2.59. The number of benzene rings is 2. The molecule has 2 rings (SSSR count). The average Bonchev–Trinajstić information content (AvgIpc) is 2.84. The summed E-state index contributed by atoms with van der Waals surface area (Å²) < 4.78 is 10.7. The molecule has 2 N–H and O–H groups in total. The lowest BCUT2D eigenvalue weighted by atomic mass is 10.2. The first-order valence-electron chi connectivity index (χ1n) is 11.6. The van der Waals surface area contributed by atoms with Gasteiger partial charge in [0.1, 0.15) is 5.75 Å². The fourth-order valence-corrected chi connectivity index (χ4v) is 3.11. The fourth-order valence-electron chi connectivity index (χ4n) is 3.11. The highest BCUT2D eigenvalue weighted by Gasteiger charge is 2.19. The van der Waals surface area contributed by atoms with Crippen LogP contribution in [0, 0.1) is 6.92 Å². The van der Waals surface area contributed by atoms with Crippen LogP contribution in [0.4, 0.5) is 5.69 Å². The molecular formula is C26H35N3O5. The van der Waals surface area contributed by atoms with Crippen molar-refractivity contribution in [1.29, 1.82) is 0 Å². The number of hydrogen-bond donors (Lipinski definition) is 2. The maximum Gasteiger partial charge on any atom is 0.254 e. The molecular weight excluding hydrogens is 434 g/mol. The van der Waals surface area contributed by atoms with Gasteiger partial charge < -0.3 is 25.0 Å². The van der Waals surface area contributed by atoms with Crippen molar-refractivity contribution >= 4 is 23.4 Å². The Kier molecular flexibility index (Phi) is 11.6. The third kappa shape index (κ3) is 9.62. The molecule has 0 saturated carbocycles. The first kappa shape index (κ1) is 26.9. The van der Waals surface area contributed by atoms with E-state index in [2.05, 4.69) is 17.6 Å². The van der Waals surface area contributed by atoms with Gasteiger partial charge in [0, 0.05) is 31.5 Å². The van der Waals surface area contributed by atoms with Crippen LogP contribution in [0.1, 0.15) is 42.1 Å². The number of nitrogens with one attached hydrogen (secondary N) is 2. The fraction of sp³-hybridized carbons (Fsp3) is 0.423. The van der Waals surface area contributed by atoms with Crippen LogP contribution in [-0.4, -0.2) is 62.6 Å². The zero-order valence-electron chi connectivity index (χ0n) is 20.3. The molecule has 0 bridgehead atoms. The van der Waals surface area contributed by atoms with Gasteiger partial charge in [-0.15, -0.1) is 0 Å². The van der Waals surface area contributed by atoms with Crippen LogP contribution in [0.3, 0.4) is 0 Å². The number of unbranched alkanes of at least 4 members (excludes halogenated alkanes) is 1. The summed E-state index contributed by atoms with van der Waals surface area (Å²) >= 11 is 0. The van der Waals surface area contributed by atoms with E-state index >= 15 is 0 Å². The van der Waals surface area contributed by atoms with E-state index in [1.807, 2.05) is 19.1 Å². The molecule has 0 aliphatic carbocycles. The predicted octanol–water partition coefficient (Wildman–Crippen LogP) is 3.41. The number of hydrogen-bond acceptors (Lipinski definition) is 5. The lowest BCUT2D eigenvalue weighted by Gasteiger charge is -2.22. The van der Waals surface area contributed by atoms with Crippen LogP contribution in [0.15, 0.2) is 48.5 Å². The van der Waals surface area contributed by atoms with Gasteiger partial charge in [-0.2, -0.15) is 0 Å². The first-order chi connectivity index (χ1) is 16.4. The maximum atomic E-state index is 13.0. The second-order valence-corrected chi connectivity index (χ2v) is 7.99. The molecule has 0 unspecified atom stereocenters. The van der Waals surface area contributed by atoms with Gasteiger partial charge in [0.2, 0.25) is 11.8 Å². The van der Waals surface area contributed by atoms with E-state index in [9.17, 15) is 14.4 Å². The highest BCUT2D eigenvalue weighted by atomic mass is 16.5. The van der Waals surface area contributed by atoms with Crippen LogP contribution in [0.5, 0.6) is 5.75 Å². The second-order valence-electron chi connectivity index (χ2n) is 7.99. The molecule has 0 aliphatic heterocycles. The molecule has 8 heteroatoms. The van der Waals surface area contributed by atoms with Gasteiger partial charge >= 0.3 is 0 Å². The Labute approximate surface area is 201 Å². The molecule has 0 saturated heterocycles. The van der Waals surface area contributed by atoms with Crippen LogP contribution in [0.25, 0.3) is 0 Å². The first-order valence-corrected chi connectivity index (χ1v) is 11.6. The van der Waals surface area contributed by atoms with Gasteiger partial charge in [-0.05, 0) is 56.2 Å². The zero-order chi connectivity index (χ0) is 24.8. The predicted molar refractivity (Wildman–Crippen MR) is 132 cm³/mol. The summed E-state index contributed by atoms with van der Waals surface area (Å²) in [5, 5.41) is 5.31. The summed E-state index contributed by atoms with van der Waals surface area (Å²) in [7, 11) is 1.59. The van der Waals surface area contributed by atoms with Crippen LogP contribution in [-0.2, 0) is 14.3 Å². The molecule has 0 heterocycles. The summed E-state index contributed by atoms with van der Waals surface area (Å²) in [5.41, 5.74) is 2.21. The molecule has 0 aromatic heterocycles. The third-order valence-electron chi connectivity index (χ3n) is 5.05. The quantitative estimate of drug-likeness (QED) is 0.413. The largest absolute Gasteiger partial charge is 0.494 e. The van der Waals surface area contributed by atoms with Gasteiger partial charge in [0.05, 0.1) is 19.7 Å². The van der Waals surface area contributed by atoms with Crippen molar-refractivity contribution in [1.82, 2.24) is 10.2 Å². The minimum atomic E-state index is -0.413. The Hall–Kier alpha value is -3.39. The topological polar surface area (TPSA) is 97.0 Å². The van der Waals surface area contributed by atoms with Crippen molar-refractivity contribution in [2.75, 3.05) is 45.3 Å². The van der Waals surface area contributed by atoms with Crippen molar-refractivity contribution in [3.63, 3.8) is 0 Å². The summed E-state index contributed by atoms with van der Waals surface area (Å²) in [6, 6.07) is 14.3. The van der Waals surface area contributed by atoms with E-state index in [0.717, 1.165) is 18.4 Å². The molecule has 0 aliphatic rings. The zero-order valence-corrected chi connectivity index (χ0v) is 20.3. The smallest absolute Gasteiger partial charge is 0.254 e. The summed E-state index contributed by atoms with van der Waals surface area (Å²) in [6.45, 7) is 5.16. The van der Waals surface area contributed by atoms with Crippen LogP contribution in [0.2, 0.25) is 0 Å². The number of amides is 3. The Balaban J connectivity index is 1.91. The minimum Gasteiger partial charge on any atom is -0.494 e. The molecule has 8 nitrogen and oxygen atoms in total. The SMILES string of the molecule is CCCCOc1ccc(C(=O)N(CCCOC)CC(=O)NCC(=O)Nc2ccc(C)cc2)cc1. The Morgan fingerprint density at radius 1 is 0.912 bits per heavy atom. The molecule has 3 amide bonds. The minimum absolute atomic E-state index is 0.158. The molecule has 2 aromatic rings. The number of carbonyl (C=O) groups is 3. The molecule has 0 atom stereocenters. The second kappa shape index (κ2) is 14.7. The Morgan fingerprint density at radius 2 is 1.62 bits per heavy atom. The summed E-state index contributed by atoms with van der Waals surface area (Å²) in [4.78, 5) is 39.1. The van der Waals surface area contributed by atoms with Gasteiger partial charge in [-0.1, -0.05) is 31.0 Å². The van der Waals surface area contributed by atoms with E-state index in [1.54, 1.807) is 43.5 Å². The van der Waals surface area contributed by atoms with Gasteiger partial charge in [0.15, 0.2) is 0 Å². The van der Waals surface area contributed by atoms with E-state index in [1.165, 1.54) is 4.90 Å². The number of methoxy groups -OCH3 is 1. The number of carbonyl (C=O) groups excluding carboxylic acids is 3. The van der Waals surface area contributed by atoms with E-state index < -0.39 is 5.91 Å². The summed E-state index contributed by atoms with van der Waals surface area (Å²) in [5.74, 6) is -0.318. The molecule has 184 valence electrons. The van der Waals surface area contributed by atoms with Crippen molar-refractivity contribution < 1.29 is 23.9 Å². The number of aryl methyl sites for hydroxylation is 1. The van der Waals surface area contributed by atoms with Crippen LogP contribution < -0.4 is 15.4 Å². The van der Waals surface area contributed by atoms with E-state index in [0.29, 0.717) is 43.2 Å². The third-order valence-corrected chi connectivity index (χ3v) is 5.05. The van der Waals surface area contributed by atoms with Crippen molar-refractivity contribution in [2.45, 2.75) is 33.1 Å². The number of ether oxygens (including phenoxy) is 2. The van der Waals surface area contributed by atoms with Crippen molar-refractivity contribution in [3.05, 3.63) is 59.7 Å². The maximum absolute atomic E-state index is 13.0. The van der Waals surface area contributed by atoms with Crippen molar-refractivity contribution in [2.24, 2.45) is 0 Å². The number of rotatable bonds is 14. The average molecular weight is 470 g/mol. The molecule has 2 aromatic carbocycles. The normalized spacial score (nSPS) is 10.4. The van der Waals surface area contributed by atoms with Gasteiger partial charge in [0.25, 0.3) is 5.91 Å². The van der Waals surface area contributed by atoms with Gasteiger partial charge in [-0.25, -0.2) is 0 Å². The highest BCUT2D eigenvalue weighted by molar-refractivity contribution is 5.98.